The number of hydrogen-bond acceptors (Lipinski definition) is 2. The van der Waals surface area contributed by atoms with E-state index in [0.29, 0.717) is 5.56 Å². The second-order valence-electron chi connectivity index (χ2n) is 4.58. The predicted octanol–water partition coefficient (Wildman–Crippen LogP) is 4.80. The molecular weight excluding hydrogens is 248 g/mol. The van der Waals surface area contributed by atoms with E-state index in [2.05, 4.69) is 13.8 Å². The van der Waals surface area contributed by atoms with Crippen molar-refractivity contribution in [2.45, 2.75) is 52.1 Å². The summed E-state index contributed by atoms with van der Waals surface area (Å²) in [5, 5.41) is -0.436. The van der Waals surface area contributed by atoms with Gasteiger partial charge in [-0.2, -0.15) is 0 Å². The van der Waals surface area contributed by atoms with Gasteiger partial charge in [-0.25, -0.2) is 0 Å². The topological polar surface area (TPSA) is 26.3 Å². The van der Waals surface area contributed by atoms with Crippen LogP contribution in [-0.2, 0) is 0 Å². The summed E-state index contributed by atoms with van der Waals surface area (Å²) in [6.07, 6.45) is 6.29. The second-order valence-corrected chi connectivity index (χ2v) is 4.92. The Kier molecular flexibility index (Phi) is 6.81. The molecule has 1 aromatic carbocycles. The van der Waals surface area contributed by atoms with E-state index in [9.17, 15) is 4.79 Å². The highest BCUT2D eigenvalue weighted by Gasteiger charge is 2.05. The molecule has 2 nitrogen and oxygen atoms in total. The van der Waals surface area contributed by atoms with Crippen molar-refractivity contribution in [3.63, 3.8) is 0 Å². The molecule has 1 rings (SSSR count). The highest BCUT2D eigenvalue weighted by Crippen LogP contribution is 2.17. The maximum absolute atomic E-state index is 10.9. The van der Waals surface area contributed by atoms with E-state index < -0.39 is 5.24 Å². The zero-order valence-electron chi connectivity index (χ0n) is 11.1. The number of unbranched alkanes of at least 4 members (excludes halogenated alkanes) is 3. The molecule has 18 heavy (non-hydrogen) atoms. The molecule has 0 spiro atoms. The zero-order valence-corrected chi connectivity index (χ0v) is 11.9. The molecule has 0 heterocycles. The van der Waals surface area contributed by atoms with Crippen LogP contribution < -0.4 is 4.74 Å². The van der Waals surface area contributed by atoms with Gasteiger partial charge in [0, 0.05) is 5.56 Å². The van der Waals surface area contributed by atoms with Gasteiger partial charge in [0.05, 0.1) is 6.10 Å². The molecule has 0 aliphatic carbocycles. The lowest BCUT2D eigenvalue weighted by Crippen LogP contribution is -2.11. The van der Waals surface area contributed by atoms with Crippen molar-refractivity contribution in [1.82, 2.24) is 0 Å². The first-order valence-electron chi connectivity index (χ1n) is 6.60. The van der Waals surface area contributed by atoms with Crippen molar-refractivity contribution in [1.29, 1.82) is 0 Å². The molecule has 0 amide bonds. The van der Waals surface area contributed by atoms with Gasteiger partial charge >= 0.3 is 0 Å². The van der Waals surface area contributed by atoms with E-state index >= 15 is 0 Å². The SMILES string of the molecule is CCCCCCC(C)Oc1ccc(C(=O)Cl)cc1. The third-order valence-corrected chi connectivity index (χ3v) is 3.10. The van der Waals surface area contributed by atoms with Crippen LogP contribution in [0.1, 0.15) is 56.3 Å². The van der Waals surface area contributed by atoms with Crippen LogP contribution in [-0.4, -0.2) is 11.3 Å². The molecule has 0 aromatic heterocycles. The number of carbonyl (C=O) groups excluding carboxylic acids is 1. The lowest BCUT2D eigenvalue weighted by atomic mass is 10.1. The maximum Gasteiger partial charge on any atom is 0.252 e. The Bertz CT molecular complexity index is 359. The summed E-state index contributed by atoms with van der Waals surface area (Å²) in [6, 6.07) is 6.96. The van der Waals surface area contributed by atoms with Crippen LogP contribution in [0.5, 0.6) is 5.75 Å². The van der Waals surface area contributed by atoms with E-state index in [4.69, 9.17) is 16.3 Å². The first-order valence-corrected chi connectivity index (χ1v) is 6.97. The Morgan fingerprint density at radius 1 is 1.22 bits per heavy atom. The van der Waals surface area contributed by atoms with Crippen LogP contribution in [0, 0.1) is 0 Å². The van der Waals surface area contributed by atoms with Crippen LogP contribution in [0.4, 0.5) is 0 Å². The fourth-order valence-corrected chi connectivity index (χ4v) is 1.94. The molecule has 0 radical (unpaired) electrons. The standard InChI is InChI=1S/C15H21ClO2/c1-3-4-5-6-7-12(2)18-14-10-8-13(9-11-14)15(16)17/h8-12H,3-7H2,1-2H3. The summed E-state index contributed by atoms with van der Waals surface area (Å²) in [5.74, 6) is 0.791. The molecular formula is C15H21ClO2. The minimum atomic E-state index is -0.436. The number of benzene rings is 1. The summed E-state index contributed by atoms with van der Waals surface area (Å²) >= 11 is 5.38. The molecule has 0 aliphatic rings. The van der Waals surface area contributed by atoms with Crippen LogP contribution in [0.25, 0.3) is 0 Å². The fourth-order valence-electron chi connectivity index (χ4n) is 1.81. The Balaban J connectivity index is 2.35. The fraction of sp³-hybridized carbons (Fsp3) is 0.533. The molecule has 3 heteroatoms. The normalized spacial score (nSPS) is 12.2. The Morgan fingerprint density at radius 3 is 2.44 bits per heavy atom. The second kappa shape index (κ2) is 8.15. The highest BCUT2D eigenvalue weighted by atomic mass is 35.5. The van der Waals surface area contributed by atoms with E-state index in [1.807, 2.05) is 0 Å². The Labute approximate surface area is 114 Å². The van der Waals surface area contributed by atoms with E-state index in [1.54, 1.807) is 24.3 Å². The molecule has 100 valence electrons. The Hall–Kier alpha value is -1.02. The summed E-state index contributed by atoms with van der Waals surface area (Å²) in [6.45, 7) is 4.28. The van der Waals surface area contributed by atoms with Crippen LogP contribution in [0.2, 0.25) is 0 Å². The van der Waals surface area contributed by atoms with Gasteiger partial charge in [0.25, 0.3) is 5.24 Å². The molecule has 0 saturated carbocycles. The summed E-state index contributed by atoms with van der Waals surface area (Å²) in [7, 11) is 0. The zero-order chi connectivity index (χ0) is 13.4. The molecule has 1 atom stereocenters. The quantitative estimate of drug-likeness (QED) is 0.500. The van der Waals surface area contributed by atoms with Crippen molar-refractivity contribution in [3.05, 3.63) is 29.8 Å². The number of halogens is 1. The van der Waals surface area contributed by atoms with Crippen LogP contribution in [0.3, 0.4) is 0 Å². The summed E-state index contributed by atoms with van der Waals surface area (Å²) in [5.41, 5.74) is 0.500. The third-order valence-electron chi connectivity index (χ3n) is 2.88. The average Bonchev–Trinajstić information content (AvgIpc) is 2.35. The number of ether oxygens (including phenoxy) is 1. The Morgan fingerprint density at radius 2 is 1.89 bits per heavy atom. The van der Waals surface area contributed by atoms with Gasteiger partial charge in [-0.1, -0.05) is 26.2 Å². The molecule has 0 bridgehead atoms. The average molecular weight is 269 g/mol. The van der Waals surface area contributed by atoms with E-state index in [1.165, 1.54) is 25.7 Å². The number of hydrogen-bond donors (Lipinski definition) is 0. The van der Waals surface area contributed by atoms with E-state index in [-0.39, 0.29) is 6.10 Å². The van der Waals surface area contributed by atoms with Crippen molar-refractivity contribution in [2.24, 2.45) is 0 Å². The minimum absolute atomic E-state index is 0.208. The number of carbonyl (C=O) groups is 1. The highest BCUT2D eigenvalue weighted by molar-refractivity contribution is 6.67. The maximum atomic E-state index is 10.9. The molecule has 0 aliphatic heterocycles. The van der Waals surface area contributed by atoms with Gasteiger partial charge in [0.1, 0.15) is 5.75 Å². The van der Waals surface area contributed by atoms with Crippen LogP contribution in [0.15, 0.2) is 24.3 Å². The van der Waals surface area contributed by atoms with Crippen molar-refractivity contribution < 1.29 is 9.53 Å². The first-order chi connectivity index (χ1) is 8.63. The minimum Gasteiger partial charge on any atom is -0.491 e. The smallest absolute Gasteiger partial charge is 0.252 e. The van der Waals surface area contributed by atoms with Gasteiger partial charge in [0.2, 0.25) is 0 Å². The molecule has 0 N–H and O–H groups in total. The predicted molar refractivity (Wildman–Crippen MR) is 75.5 cm³/mol. The van der Waals surface area contributed by atoms with E-state index in [0.717, 1.165) is 12.2 Å². The lowest BCUT2D eigenvalue weighted by Gasteiger charge is -2.14. The summed E-state index contributed by atoms with van der Waals surface area (Å²) < 4.78 is 5.77. The van der Waals surface area contributed by atoms with Gasteiger partial charge in [-0.05, 0) is 55.6 Å². The van der Waals surface area contributed by atoms with Gasteiger partial charge in [-0.15, -0.1) is 0 Å². The lowest BCUT2D eigenvalue weighted by molar-refractivity contribution is 0.108. The van der Waals surface area contributed by atoms with Crippen molar-refractivity contribution in [3.8, 4) is 5.75 Å². The van der Waals surface area contributed by atoms with Gasteiger partial charge < -0.3 is 4.74 Å². The van der Waals surface area contributed by atoms with Crippen molar-refractivity contribution >= 4 is 16.8 Å². The number of rotatable bonds is 8. The molecule has 0 saturated heterocycles. The van der Waals surface area contributed by atoms with Crippen LogP contribution >= 0.6 is 11.6 Å². The van der Waals surface area contributed by atoms with Gasteiger partial charge in [0.15, 0.2) is 0 Å². The largest absolute Gasteiger partial charge is 0.491 e. The monoisotopic (exact) mass is 268 g/mol. The molecule has 1 aromatic rings. The molecule has 1 unspecified atom stereocenters. The third kappa shape index (κ3) is 5.54. The first kappa shape index (κ1) is 15.0. The molecule has 0 fully saturated rings. The summed E-state index contributed by atoms with van der Waals surface area (Å²) in [4.78, 5) is 10.9. The van der Waals surface area contributed by atoms with Gasteiger partial charge in [-0.3, -0.25) is 4.79 Å². The van der Waals surface area contributed by atoms with Crippen molar-refractivity contribution in [2.75, 3.05) is 0 Å².